The predicted molar refractivity (Wildman–Crippen MR) is 120 cm³/mol. The van der Waals surface area contributed by atoms with Gasteiger partial charge in [0.25, 0.3) is 0 Å². The Morgan fingerprint density at radius 2 is 1.91 bits per heavy atom. The van der Waals surface area contributed by atoms with Gasteiger partial charge in [-0.3, -0.25) is 9.20 Å². The number of hydrogen-bond donors (Lipinski definition) is 1. The van der Waals surface area contributed by atoms with Crippen molar-refractivity contribution in [2.45, 2.75) is 6.54 Å². The van der Waals surface area contributed by atoms with E-state index in [2.05, 4.69) is 10.4 Å². The van der Waals surface area contributed by atoms with Gasteiger partial charge < -0.3 is 14.8 Å². The van der Waals surface area contributed by atoms with Gasteiger partial charge in [0.1, 0.15) is 13.2 Å². The number of carbonyl (C=O) groups excluding carboxylic acids is 1. The number of amides is 1. The van der Waals surface area contributed by atoms with Crippen LogP contribution in [0.2, 0.25) is 0 Å². The van der Waals surface area contributed by atoms with Crippen LogP contribution in [-0.4, -0.2) is 33.3 Å². The number of aromatic nitrogens is 3. The summed E-state index contributed by atoms with van der Waals surface area (Å²) in [5.41, 5.74) is 2.70. The lowest BCUT2D eigenvalue weighted by Gasteiger charge is -2.18. The highest BCUT2D eigenvalue weighted by molar-refractivity contribution is 6.02. The summed E-state index contributed by atoms with van der Waals surface area (Å²) < 4.78 is 14.0. The first kappa shape index (κ1) is 19.6. The van der Waals surface area contributed by atoms with Crippen LogP contribution < -0.4 is 20.5 Å². The second-order valence-corrected chi connectivity index (χ2v) is 7.30. The van der Waals surface area contributed by atoms with E-state index in [1.807, 2.05) is 42.5 Å². The fourth-order valence-electron chi connectivity index (χ4n) is 3.51. The van der Waals surface area contributed by atoms with Gasteiger partial charge in [0.15, 0.2) is 17.1 Å². The molecule has 1 aliphatic heterocycles. The molecule has 5 rings (SSSR count). The fraction of sp³-hybridized carbons (Fsp3) is 0.125. The molecule has 1 N–H and O–H groups in total. The Labute approximate surface area is 183 Å². The van der Waals surface area contributed by atoms with E-state index >= 15 is 0 Å². The summed E-state index contributed by atoms with van der Waals surface area (Å²) in [5, 5.41) is 7.19. The Bertz CT molecular complexity index is 1390. The van der Waals surface area contributed by atoms with Gasteiger partial charge in [0.05, 0.1) is 6.54 Å². The summed E-state index contributed by atoms with van der Waals surface area (Å²) in [7, 11) is 0. The van der Waals surface area contributed by atoms with Gasteiger partial charge in [0, 0.05) is 18.0 Å². The van der Waals surface area contributed by atoms with Crippen molar-refractivity contribution in [1.29, 1.82) is 0 Å². The first-order chi connectivity index (χ1) is 15.7. The molecule has 0 saturated heterocycles. The van der Waals surface area contributed by atoms with Crippen LogP contribution in [0.15, 0.2) is 77.7 Å². The molecule has 0 fully saturated rings. The molecule has 2 aromatic heterocycles. The smallest absolute Gasteiger partial charge is 0.350 e. The molecule has 0 bridgehead atoms. The summed E-state index contributed by atoms with van der Waals surface area (Å²) in [5.74, 6) is 1.12. The van der Waals surface area contributed by atoms with Gasteiger partial charge >= 0.3 is 5.69 Å². The maximum absolute atomic E-state index is 12.5. The quantitative estimate of drug-likeness (QED) is 0.494. The largest absolute Gasteiger partial charge is 0.486 e. The standard InChI is InChI=1S/C24H20N4O4/c29-23(10-8-17-7-9-20-21(15-17)32-13-12-31-20)25-19-5-3-4-18(14-19)16-28-24(30)27-11-2-1-6-22(27)26-28/h1-11,14-15H,12-13,16H2,(H,25,29). The van der Waals surface area contributed by atoms with Crippen LogP contribution in [0.25, 0.3) is 11.7 Å². The number of hydrogen-bond acceptors (Lipinski definition) is 5. The summed E-state index contributed by atoms with van der Waals surface area (Å²) in [4.78, 5) is 24.9. The van der Waals surface area contributed by atoms with Crippen LogP contribution in [0.1, 0.15) is 11.1 Å². The molecule has 1 aliphatic rings. The SMILES string of the molecule is O=C(C=Cc1ccc2c(c1)OCCO2)Nc1cccc(Cn2nc3ccccn3c2=O)c1. The van der Waals surface area contributed by atoms with E-state index in [0.717, 1.165) is 11.1 Å². The van der Waals surface area contributed by atoms with Gasteiger partial charge in [-0.05, 0) is 53.6 Å². The Morgan fingerprint density at radius 3 is 2.78 bits per heavy atom. The zero-order valence-electron chi connectivity index (χ0n) is 17.1. The van der Waals surface area contributed by atoms with Crippen LogP contribution in [0, 0.1) is 0 Å². The first-order valence-corrected chi connectivity index (χ1v) is 10.2. The van der Waals surface area contributed by atoms with E-state index < -0.39 is 0 Å². The molecule has 3 heterocycles. The van der Waals surface area contributed by atoms with E-state index in [9.17, 15) is 9.59 Å². The van der Waals surface area contributed by atoms with E-state index in [1.165, 1.54) is 15.2 Å². The van der Waals surface area contributed by atoms with Crippen molar-refractivity contribution in [2.75, 3.05) is 18.5 Å². The van der Waals surface area contributed by atoms with Gasteiger partial charge in [-0.15, -0.1) is 5.10 Å². The average Bonchev–Trinajstić information content (AvgIpc) is 3.13. The Balaban J connectivity index is 1.27. The van der Waals surface area contributed by atoms with Crippen molar-refractivity contribution in [3.05, 3.63) is 94.5 Å². The molecule has 0 aliphatic carbocycles. The lowest BCUT2D eigenvalue weighted by Crippen LogP contribution is -2.21. The molecule has 0 radical (unpaired) electrons. The highest BCUT2D eigenvalue weighted by Gasteiger charge is 2.11. The Kier molecular flexibility index (Phi) is 5.17. The average molecular weight is 428 g/mol. The number of carbonyl (C=O) groups is 1. The third kappa shape index (κ3) is 4.11. The number of rotatable bonds is 5. The molecule has 4 aromatic rings. The molecule has 8 heteroatoms. The van der Waals surface area contributed by atoms with Crippen molar-refractivity contribution in [2.24, 2.45) is 0 Å². The van der Waals surface area contributed by atoms with E-state index in [-0.39, 0.29) is 11.6 Å². The third-order valence-corrected chi connectivity index (χ3v) is 5.01. The molecule has 0 atom stereocenters. The molecule has 160 valence electrons. The molecule has 1 amide bonds. The lowest BCUT2D eigenvalue weighted by molar-refractivity contribution is -0.111. The number of pyridine rings is 1. The highest BCUT2D eigenvalue weighted by atomic mass is 16.6. The van der Waals surface area contributed by atoms with Crippen molar-refractivity contribution in [1.82, 2.24) is 14.2 Å². The van der Waals surface area contributed by atoms with Gasteiger partial charge in [-0.1, -0.05) is 24.3 Å². The van der Waals surface area contributed by atoms with E-state index in [4.69, 9.17) is 9.47 Å². The zero-order valence-corrected chi connectivity index (χ0v) is 17.1. The molecule has 0 saturated carbocycles. The fourth-order valence-corrected chi connectivity index (χ4v) is 3.51. The van der Waals surface area contributed by atoms with Crippen molar-refractivity contribution < 1.29 is 14.3 Å². The molecule has 8 nitrogen and oxygen atoms in total. The number of nitrogens with one attached hydrogen (secondary N) is 1. The van der Waals surface area contributed by atoms with Crippen LogP contribution in [0.4, 0.5) is 5.69 Å². The number of nitrogens with zero attached hydrogens (tertiary/aromatic N) is 3. The van der Waals surface area contributed by atoms with Crippen LogP contribution in [0.3, 0.4) is 0 Å². The number of fused-ring (bicyclic) bond motifs is 2. The zero-order chi connectivity index (χ0) is 21.9. The summed E-state index contributed by atoms with van der Waals surface area (Å²) in [6.45, 7) is 1.35. The first-order valence-electron chi connectivity index (χ1n) is 10.2. The third-order valence-electron chi connectivity index (χ3n) is 5.01. The lowest BCUT2D eigenvalue weighted by atomic mass is 10.1. The highest BCUT2D eigenvalue weighted by Crippen LogP contribution is 2.31. The van der Waals surface area contributed by atoms with Crippen molar-refractivity contribution >= 4 is 23.3 Å². The minimum Gasteiger partial charge on any atom is -0.486 e. The summed E-state index contributed by atoms with van der Waals surface area (Å²) in [6.07, 6.45) is 4.87. The predicted octanol–water partition coefficient (Wildman–Crippen LogP) is 2.97. The second-order valence-electron chi connectivity index (χ2n) is 7.30. The molecule has 0 spiro atoms. The minimum atomic E-state index is -0.262. The Morgan fingerprint density at radius 1 is 1.03 bits per heavy atom. The minimum absolute atomic E-state index is 0.211. The Hall–Kier alpha value is -4.33. The van der Waals surface area contributed by atoms with Gasteiger partial charge in [0.2, 0.25) is 5.91 Å². The number of ether oxygens (including phenoxy) is 2. The molecular weight excluding hydrogens is 408 g/mol. The molecular formula is C24H20N4O4. The molecule has 0 unspecified atom stereocenters. The summed E-state index contributed by atoms with van der Waals surface area (Å²) in [6, 6.07) is 18.3. The van der Waals surface area contributed by atoms with E-state index in [0.29, 0.717) is 42.6 Å². The van der Waals surface area contributed by atoms with Crippen LogP contribution in [0.5, 0.6) is 11.5 Å². The van der Waals surface area contributed by atoms with Crippen LogP contribution >= 0.6 is 0 Å². The maximum atomic E-state index is 12.5. The topological polar surface area (TPSA) is 86.9 Å². The second kappa shape index (κ2) is 8.43. The van der Waals surface area contributed by atoms with Gasteiger partial charge in [-0.25, -0.2) is 9.48 Å². The van der Waals surface area contributed by atoms with Crippen LogP contribution in [-0.2, 0) is 11.3 Å². The van der Waals surface area contributed by atoms with Gasteiger partial charge in [-0.2, -0.15) is 0 Å². The van der Waals surface area contributed by atoms with E-state index in [1.54, 1.807) is 30.5 Å². The molecule has 2 aromatic carbocycles. The maximum Gasteiger partial charge on any atom is 0.350 e. The summed E-state index contributed by atoms with van der Waals surface area (Å²) >= 11 is 0. The monoisotopic (exact) mass is 428 g/mol. The van der Waals surface area contributed by atoms with Crippen molar-refractivity contribution in [3.8, 4) is 11.5 Å². The number of anilines is 1. The normalized spacial score (nSPS) is 12.9. The number of benzene rings is 2. The molecule has 32 heavy (non-hydrogen) atoms. The van der Waals surface area contributed by atoms with Crippen molar-refractivity contribution in [3.63, 3.8) is 0 Å².